The van der Waals surface area contributed by atoms with Crippen molar-refractivity contribution in [2.24, 2.45) is 0 Å². The fourth-order valence-corrected chi connectivity index (χ4v) is 3.07. The maximum Gasteiger partial charge on any atom is 0.416 e. The number of benzene rings is 2. The van der Waals surface area contributed by atoms with Gasteiger partial charge in [0.15, 0.2) is 6.61 Å². The number of hydrogen-bond donors (Lipinski definition) is 0. The molecule has 0 N–H and O–H groups in total. The number of amides is 1. The molecule has 0 saturated carbocycles. The fraction of sp³-hybridized carbons (Fsp3) is 0.273. The van der Waals surface area contributed by atoms with Gasteiger partial charge < -0.3 is 9.64 Å². The molecule has 0 radical (unpaired) electrons. The van der Waals surface area contributed by atoms with Crippen LogP contribution in [0.25, 0.3) is 5.69 Å². The van der Waals surface area contributed by atoms with E-state index in [0.717, 1.165) is 34.8 Å². The van der Waals surface area contributed by atoms with Crippen molar-refractivity contribution in [2.45, 2.75) is 26.6 Å². The van der Waals surface area contributed by atoms with Gasteiger partial charge in [-0.25, -0.2) is 4.68 Å². The van der Waals surface area contributed by atoms with E-state index in [1.54, 1.807) is 7.05 Å². The third-order valence-corrected chi connectivity index (χ3v) is 4.79. The van der Waals surface area contributed by atoms with Gasteiger partial charge in [-0.15, -0.1) is 0 Å². The van der Waals surface area contributed by atoms with E-state index in [0.29, 0.717) is 6.54 Å². The van der Waals surface area contributed by atoms with Crippen molar-refractivity contribution >= 4 is 5.91 Å². The van der Waals surface area contributed by atoms with E-state index in [1.807, 2.05) is 48.9 Å². The van der Waals surface area contributed by atoms with Gasteiger partial charge in [0, 0.05) is 24.8 Å². The molecule has 5 nitrogen and oxygen atoms in total. The molecule has 3 rings (SSSR count). The average Bonchev–Trinajstić information content (AvgIpc) is 3.00. The van der Waals surface area contributed by atoms with Crippen LogP contribution in [-0.2, 0) is 17.5 Å². The van der Waals surface area contributed by atoms with Gasteiger partial charge in [0.05, 0.1) is 16.9 Å². The highest BCUT2D eigenvalue weighted by molar-refractivity contribution is 5.77. The number of ether oxygens (including phenoxy) is 1. The Bertz CT molecular complexity index is 1030. The number of likely N-dealkylation sites (N-methyl/N-ethyl adjacent to an activating group) is 1. The van der Waals surface area contributed by atoms with Crippen LogP contribution in [0.1, 0.15) is 22.5 Å². The molecule has 0 spiro atoms. The van der Waals surface area contributed by atoms with Crippen LogP contribution in [0.5, 0.6) is 5.75 Å². The fourth-order valence-electron chi connectivity index (χ4n) is 3.07. The van der Waals surface area contributed by atoms with E-state index >= 15 is 0 Å². The van der Waals surface area contributed by atoms with Crippen LogP contribution >= 0.6 is 0 Å². The Labute approximate surface area is 172 Å². The maximum atomic E-state index is 12.8. The molecule has 0 aliphatic heterocycles. The molecule has 0 aliphatic carbocycles. The zero-order chi connectivity index (χ0) is 21.9. The highest BCUT2D eigenvalue weighted by atomic mass is 19.4. The van der Waals surface area contributed by atoms with Crippen LogP contribution in [0.15, 0.2) is 54.6 Å². The van der Waals surface area contributed by atoms with Crippen LogP contribution in [0, 0.1) is 13.8 Å². The molecule has 1 aromatic heterocycles. The van der Waals surface area contributed by atoms with Crippen LogP contribution in [-0.4, -0.2) is 34.2 Å². The summed E-state index contributed by atoms with van der Waals surface area (Å²) in [4.78, 5) is 13.9. The number of aromatic nitrogens is 2. The normalized spacial score (nSPS) is 11.4. The van der Waals surface area contributed by atoms with Gasteiger partial charge in [0.1, 0.15) is 5.75 Å². The lowest BCUT2D eigenvalue weighted by molar-refractivity contribution is -0.137. The van der Waals surface area contributed by atoms with Crippen LogP contribution in [0.4, 0.5) is 13.2 Å². The van der Waals surface area contributed by atoms with E-state index in [9.17, 15) is 18.0 Å². The number of aryl methyl sites for hydroxylation is 1. The van der Waals surface area contributed by atoms with Crippen molar-refractivity contribution in [3.63, 3.8) is 0 Å². The third kappa shape index (κ3) is 4.82. The van der Waals surface area contributed by atoms with E-state index in [4.69, 9.17) is 4.74 Å². The number of alkyl halides is 3. The minimum atomic E-state index is -4.46. The van der Waals surface area contributed by atoms with E-state index < -0.39 is 11.7 Å². The van der Waals surface area contributed by atoms with Gasteiger partial charge in [0.2, 0.25) is 0 Å². The predicted molar refractivity (Wildman–Crippen MR) is 106 cm³/mol. The zero-order valence-electron chi connectivity index (χ0n) is 16.9. The van der Waals surface area contributed by atoms with Crippen molar-refractivity contribution < 1.29 is 22.7 Å². The first-order valence-electron chi connectivity index (χ1n) is 9.31. The average molecular weight is 417 g/mol. The lowest BCUT2D eigenvalue weighted by Crippen LogP contribution is -2.31. The SMILES string of the molecule is Cc1nn(-c2ccccc2)c(C)c1CN(C)C(=O)COc1cccc(C(F)(F)F)c1. The molecule has 1 heterocycles. The Morgan fingerprint density at radius 1 is 1.10 bits per heavy atom. The van der Waals surface area contributed by atoms with Gasteiger partial charge >= 0.3 is 6.18 Å². The number of carbonyl (C=O) groups is 1. The van der Waals surface area contributed by atoms with Crippen molar-refractivity contribution in [1.29, 1.82) is 0 Å². The molecule has 0 bridgehead atoms. The molecule has 0 saturated heterocycles. The van der Waals surface area contributed by atoms with E-state index in [2.05, 4.69) is 5.10 Å². The van der Waals surface area contributed by atoms with Crippen molar-refractivity contribution in [1.82, 2.24) is 14.7 Å². The lowest BCUT2D eigenvalue weighted by atomic mass is 10.2. The first-order chi connectivity index (χ1) is 14.2. The first kappa shape index (κ1) is 21.4. The molecule has 30 heavy (non-hydrogen) atoms. The zero-order valence-corrected chi connectivity index (χ0v) is 16.9. The third-order valence-electron chi connectivity index (χ3n) is 4.79. The second kappa shape index (κ2) is 8.61. The molecular formula is C22H22F3N3O2. The molecule has 0 atom stereocenters. The minimum absolute atomic E-state index is 0.00386. The number of hydrogen-bond acceptors (Lipinski definition) is 3. The highest BCUT2D eigenvalue weighted by Crippen LogP contribution is 2.31. The highest BCUT2D eigenvalue weighted by Gasteiger charge is 2.30. The summed E-state index contributed by atoms with van der Waals surface area (Å²) >= 11 is 0. The molecule has 3 aromatic rings. The second-order valence-corrected chi connectivity index (χ2v) is 6.96. The largest absolute Gasteiger partial charge is 0.484 e. The summed E-state index contributed by atoms with van der Waals surface area (Å²) in [5, 5.41) is 4.56. The molecule has 0 unspecified atom stereocenters. The van der Waals surface area contributed by atoms with Gasteiger partial charge in [-0.05, 0) is 44.2 Å². The lowest BCUT2D eigenvalue weighted by Gasteiger charge is -2.18. The number of halogens is 3. The van der Waals surface area contributed by atoms with E-state index in [-0.39, 0.29) is 18.3 Å². The second-order valence-electron chi connectivity index (χ2n) is 6.96. The molecule has 0 fully saturated rings. The summed E-state index contributed by atoms with van der Waals surface area (Å²) in [7, 11) is 1.62. The molecule has 158 valence electrons. The van der Waals surface area contributed by atoms with Crippen LogP contribution in [0.2, 0.25) is 0 Å². The minimum Gasteiger partial charge on any atom is -0.484 e. The van der Waals surface area contributed by atoms with E-state index in [1.165, 1.54) is 17.0 Å². The predicted octanol–water partition coefficient (Wildman–Crippen LogP) is 4.55. The summed E-state index contributed by atoms with van der Waals surface area (Å²) in [6.07, 6.45) is -4.46. The first-order valence-corrected chi connectivity index (χ1v) is 9.31. The Morgan fingerprint density at radius 2 is 1.80 bits per heavy atom. The van der Waals surface area contributed by atoms with Crippen LogP contribution < -0.4 is 4.74 Å². The maximum absolute atomic E-state index is 12.8. The number of nitrogens with zero attached hydrogens (tertiary/aromatic N) is 3. The van der Waals surface area contributed by atoms with Gasteiger partial charge in [-0.1, -0.05) is 24.3 Å². The monoisotopic (exact) mass is 417 g/mol. The topological polar surface area (TPSA) is 47.4 Å². The number of carbonyl (C=O) groups excluding carboxylic acids is 1. The van der Waals surface area contributed by atoms with Gasteiger partial charge in [-0.2, -0.15) is 18.3 Å². The van der Waals surface area contributed by atoms with Crippen molar-refractivity contribution in [3.05, 3.63) is 77.1 Å². The van der Waals surface area contributed by atoms with Crippen molar-refractivity contribution in [2.75, 3.05) is 13.7 Å². The number of rotatable bonds is 6. The number of para-hydroxylation sites is 1. The Morgan fingerprint density at radius 3 is 2.47 bits per heavy atom. The molecule has 2 aromatic carbocycles. The van der Waals surface area contributed by atoms with Crippen molar-refractivity contribution in [3.8, 4) is 11.4 Å². The Kier molecular flexibility index (Phi) is 6.14. The Balaban J connectivity index is 1.66. The molecule has 8 heteroatoms. The molecular weight excluding hydrogens is 395 g/mol. The summed E-state index contributed by atoms with van der Waals surface area (Å²) in [5.41, 5.74) is 2.73. The standard InChI is InChI=1S/C22H22F3N3O2/c1-15-20(16(2)28(26-15)18-9-5-4-6-10-18)13-27(3)21(29)14-30-19-11-7-8-17(12-19)22(23,24)25/h4-12H,13-14H2,1-3H3. The van der Waals surface area contributed by atoms with Crippen LogP contribution in [0.3, 0.4) is 0 Å². The summed E-state index contributed by atoms with van der Waals surface area (Å²) in [5.74, 6) is -0.352. The molecule has 1 amide bonds. The quantitative estimate of drug-likeness (QED) is 0.591. The summed E-state index contributed by atoms with van der Waals surface area (Å²) < 4.78 is 45.5. The van der Waals surface area contributed by atoms with Gasteiger partial charge in [0.25, 0.3) is 5.91 Å². The smallest absolute Gasteiger partial charge is 0.416 e. The Hall–Kier alpha value is -3.29. The summed E-state index contributed by atoms with van der Waals surface area (Å²) in [6.45, 7) is 3.76. The van der Waals surface area contributed by atoms with Gasteiger partial charge in [-0.3, -0.25) is 4.79 Å². The molecule has 0 aliphatic rings. The summed E-state index contributed by atoms with van der Waals surface area (Å²) in [6, 6.07) is 14.1.